The van der Waals surface area contributed by atoms with Gasteiger partial charge in [0.05, 0.1) is 5.92 Å². The fraction of sp³-hybridized carbons (Fsp3) is 0.833. The Morgan fingerprint density at radius 3 is 2.71 bits per heavy atom. The standard InChI is InChI=1S/C12H23N3O2/c1-2-10(11(13)15-17)12(16)14-8-7-9-5-3-4-6-9/h9-10,17H,2-8H2,1H3,(H2,13,15)(H,14,16). The van der Waals surface area contributed by atoms with E-state index in [0.29, 0.717) is 13.0 Å². The molecule has 0 aromatic rings. The number of carbonyl (C=O) groups is 1. The van der Waals surface area contributed by atoms with Crippen LogP contribution in [0.5, 0.6) is 0 Å². The quantitative estimate of drug-likeness (QED) is 0.285. The van der Waals surface area contributed by atoms with Gasteiger partial charge in [0.1, 0.15) is 0 Å². The Labute approximate surface area is 102 Å². The molecule has 5 nitrogen and oxygen atoms in total. The molecule has 0 aromatic carbocycles. The first-order valence-corrected chi connectivity index (χ1v) is 6.44. The SMILES string of the molecule is CCC(C(=O)NCCC1CCCC1)/C(N)=N/O. The van der Waals surface area contributed by atoms with Crippen molar-refractivity contribution in [2.24, 2.45) is 22.7 Å². The van der Waals surface area contributed by atoms with Gasteiger partial charge in [0.2, 0.25) is 5.91 Å². The van der Waals surface area contributed by atoms with Gasteiger partial charge in [-0.25, -0.2) is 0 Å². The van der Waals surface area contributed by atoms with Crippen LogP contribution in [-0.2, 0) is 4.79 Å². The molecule has 98 valence electrons. The van der Waals surface area contributed by atoms with E-state index in [2.05, 4.69) is 10.5 Å². The predicted octanol–water partition coefficient (Wildman–Crippen LogP) is 1.46. The first-order valence-electron chi connectivity index (χ1n) is 6.44. The molecule has 1 unspecified atom stereocenters. The van der Waals surface area contributed by atoms with Crippen molar-refractivity contribution in [2.75, 3.05) is 6.54 Å². The van der Waals surface area contributed by atoms with E-state index >= 15 is 0 Å². The zero-order valence-corrected chi connectivity index (χ0v) is 10.5. The molecule has 1 saturated carbocycles. The summed E-state index contributed by atoms with van der Waals surface area (Å²) < 4.78 is 0. The molecule has 1 aliphatic rings. The second kappa shape index (κ2) is 7.14. The van der Waals surface area contributed by atoms with E-state index in [1.54, 1.807) is 0 Å². The molecule has 0 heterocycles. The number of oxime groups is 1. The third-order valence-electron chi connectivity index (χ3n) is 3.52. The Bertz CT molecular complexity index is 273. The van der Waals surface area contributed by atoms with Gasteiger partial charge in [0, 0.05) is 6.54 Å². The number of carbonyl (C=O) groups excluding carboxylic acids is 1. The molecule has 1 atom stereocenters. The molecule has 0 spiro atoms. The van der Waals surface area contributed by atoms with Crippen molar-refractivity contribution < 1.29 is 10.0 Å². The lowest BCUT2D eigenvalue weighted by Crippen LogP contribution is -2.39. The molecule has 0 bridgehead atoms. The number of amidine groups is 1. The van der Waals surface area contributed by atoms with Gasteiger partial charge in [0.25, 0.3) is 0 Å². The van der Waals surface area contributed by atoms with E-state index in [4.69, 9.17) is 10.9 Å². The van der Waals surface area contributed by atoms with Crippen LogP contribution in [0.1, 0.15) is 45.4 Å². The third-order valence-corrected chi connectivity index (χ3v) is 3.52. The monoisotopic (exact) mass is 241 g/mol. The van der Waals surface area contributed by atoms with E-state index in [0.717, 1.165) is 12.3 Å². The van der Waals surface area contributed by atoms with Crippen LogP contribution in [0.3, 0.4) is 0 Å². The van der Waals surface area contributed by atoms with Crippen molar-refractivity contribution >= 4 is 11.7 Å². The van der Waals surface area contributed by atoms with Crippen LogP contribution in [0.4, 0.5) is 0 Å². The third kappa shape index (κ3) is 4.24. The van der Waals surface area contributed by atoms with Crippen LogP contribution >= 0.6 is 0 Å². The van der Waals surface area contributed by atoms with E-state index in [-0.39, 0.29) is 11.7 Å². The lowest BCUT2D eigenvalue weighted by molar-refractivity contribution is -0.123. The highest BCUT2D eigenvalue weighted by atomic mass is 16.4. The lowest BCUT2D eigenvalue weighted by atomic mass is 10.0. The molecule has 0 saturated heterocycles. The lowest BCUT2D eigenvalue weighted by Gasteiger charge is -2.14. The van der Waals surface area contributed by atoms with Gasteiger partial charge in [-0.05, 0) is 18.8 Å². The van der Waals surface area contributed by atoms with Crippen molar-refractivity contribution in [3.63, 3.8) is 0 Å². The van der Waals surface area contributed by atoms with Gasteiger partial charge in [-0.3, -0.25) is 4.79 Å². The number of amides is 1. The summed E-state index contributed by atoms with van der Waals surface area (Å²) in [5.74, 6) is 0.106. The Balaban J connectivity index is 2.27. The van der Waals surface area contributed by atoms with Crippen LogP contribution < -0.4 is 11.1 Å². The van der Waals surface area contributed by atoms with Crippen LogP contribution in [-0.4, -0.2) is 23.5 Å². The molecule has 0 aromatic heterocycles. The van der Waals surface area contributed by atoms with E-state index in [1.165, 1.54) is 25.7 Å². The summed E-state index contributed by atoms with van der Waals surface area (Å²) in [7, 11) is 0. The Morgan fingerprint density at radius 2 is 2.18 bits per heavy atom. The van der Waals surface area contributed by atoms with E-state index < -0.39 is 5.92 Å². The van der Waals surface area contributed by atoms with Crippen LogP contribution in [0.25, 0.3) is 0 Å². The molecule has 17 heavy (non-hydrogen) atoms. The summed E-state index contributed by atoms with van der Waals surface area (Å²) in [5, 5.41) is 14.3. The summed E-state index contributed by atoms with van der Waals surface area (Å²) >= 11 is 0. The van der Waals surface area contributed by atoms with Crippen molar-refractivity contribution in [1.29, 1.82) is 0 Å². The highest BCUT2D eigenvalue weighted by molar-refractivity contribution is 6.01. The fourth-order valence-corrected chi connectivity index (χ4v) is 2.42. The second-order valence-electron chi connectivity index (χ2n) is 4.72. The number of rotatable bonds is 6. The highest BCUT2D eigenvalue weighted by Crippen LogP contribution is 2.26. The molecular formula is C12H23N3O2. The first kappa shape index (κ1) is 13.8. The summed E-state index contributed by atoms with van der Waals surface area (Å²) in [5.41, 5.74) is 5.46. The number of hydrogen-bond donors (Lipinski definition) is 3. The second-order valence-corrected chi connectivity index (χ2v) is 4.72. The van der Waals surface area contributed by atoms with Crippen molar-refractivity contribution in [1.82, 2.24) is 5.32 Å². The average Bonchev–Trinajstić information content (AvgIpc) is 2.82. The number of hydrogen-bond acceptors (Lipinski definition) is 3. The minimum absolute atomic E-state index is 0.00846. The van der Waals surface area contributed by atoms with Crippen LogP contribution in [0.15, 0.2) is 5.16 Å². The highest BCUT2D eigenvalue weighted by Gasteiger charge is 2.21. The molecule has 1 amide bonds. The zero-order valence-electron chi connectivity index (χ0n) is 10.5. The molecule has 1 rings (SSSR count). The minimum atomic E-state index is -0.511. The summed E-state index contributed by atoms with van der Waals surface area (Å²) in [4.78, 5) is 11.8. The van der Waals surface area contributed by atoms with Gasteiger partial charge in [-0.2, -0.15) is 0 Å². The Kier molecular flexibility index (Phi) is 5.80. The first-order chi connectivity index (χ1) is 8.19. The van der Waals surface area contributed by atoms with E-state index in [9.17, 15) is 4.79 Å². The molecule has 0 aliphatic heterocycles. The molecule has 1 aliphatic carbocycles. The maximum Gasteiger partial charge on any atom is 0.230 e. The van der Waals surface area contributed by atoms with Crippen molar-refractivity contribution in [2.45, 2.75) is 45.4 Å². The van der Waals surface area contributed by atoms with Gasteiger partial charge in [-0.1, -0.05) is 37.8 Å². The average molecular weight is 241 g/mol. The van der Waals surface area contributed by atoms with Crippen molar-refractivity contribution in [3.05, 3.63) is 0 Å². The summed E-state index contributed by atoms with van der Waals surface area (Å²) in [6.07, 6.45) is 6.80. The summed E-state index contributed by atoms with van der Waals surface area (Å²) in [6.45, 7) is 2.54. The topological polar surface area (TPSA) is 87.7 Å². The number of nitrogens with one attached hydrogen (secondary N) is 1. The normalized spacial score (nSPS) is 19.2. The van der Waals surface area contributed by atoms with Crippen LogP contribution in [0, 0.1) is 11.8 Å². The molecular weight excluding hydrogens is 218 g/mol. The van der Waals surface area contributed by atoms with Crippen molar-refractivity contribution in [3.8, 4) is 0 Å². The van der Waals surface area contributed by atoms with Gasteiger partial charge in [-0.15, -0.1) is 0 Å². The fourth-order valence-electron chi connectivity index (χ4n) is 2.42. The zero-order chi connectivity index (χ0) is 12.7. The largest absolute Gasteiger partial charge is 0.409 e. The smallest absolute Gasteiger partial charge is 0.230 e. The molecule has 1 fully saturated rings. The minimum Gasteiger partial charge on any atom is -0.409 e. The molecule has 4 N–H and O–H groups in total. The van der Waals surface area contributed by atoms with Gasteiger partial charge >= 0.3 is 0 Å². The van der Waals surface area contributed by atoms with E-state index in [1.807, 2.05) is 6.92 Å². The Morgan fingerprint density at radius 1 is 1.53 bits per heavy atom. The molecule has 0 radical (unpaired) electrons. The van der Waals surface area contributed by atoms with Gasteiger partial charge < -0.3 is 16.3 Å². The van der Waals surface area contributed by atoms with Crippen LogP contribution in [0.2, 0.25) is 0 Å². The summed E-state index contributed by atoms with van der Waals surface area (Å²) in [6, 6.07) is 0. The predicted molar refractivity (Wildman–Crippen MR) is 66.8 cm³/mol. The number of nitrogens with zero attached hydrogens (tertiary/aromatic N) is 1. The Hall–Kier alpha value is -1.26. The number of nitrogens with two attached hydrogens (primary N) is 1. The maximum atomic E-state index is 11.8. The molecule has 5 heteroatoms. The maximum absolute atomic E-state index is 11.8. The van der Waals surface area contributed by atoms with Gasteiger partial charge in [0.15, 0.2) is 5.84 Å².